The largest absolute Gasteiger partial charge is 0.494 e. The first-order valence-corrected chi connectivity index (χ1v) is 9.96. The maximum absolute atomic E-state index is 12.0. The van der Waals surface area contributed by atoms with Crippen LogP contribution < -0.4 is 15.4 Å². The number of rotatable bonds is 9. The topological polar surface area (TPSA) is 76.7 Å². The van der Waals surface area contributed by atoms with Gasteiger partial charge in [0.15, 0.2) is 5.11 Å². The smallest absolute Gasteiger partial charge is 0.338 e. The van der Waals surface area contributed by atoms with Gasteiger partial charge in [-0.1, -0.05) is 30.7 Å². The monoisotopic (exact) mass is 414 g/mol. The van der Waals surface area contributed by atoms with E-state index in [0.717, 1.165) is 12.2 Å². The lowest BCUT2D eigenvalue weighted by Gasteiger charge is -2.11. The van der Waals surface area contributed by atoms with E-state index in [9.17, 15) is 9.59 Å². The third kappa shape index (κ3) is 8.31. The standard InChI is InChI=1S/C22H26N2O4S/c1-3-13-28-21(26)17-6-4-7-18(15-17)23-22(29)24-20(25)8-5-14-27-19-11-9-16(2)10-12-19/h4,6-7,9-12,15H,3,5,8,13-14H2,1-2H3,(H2,23,24,25,29). The van der Waals surface area contributed by atoms with Gasteiger partial charge in [0.2, 0.25) is 5.91 Å². The summed E-state index contributed by atoms with van der Waals surface area (Å²) in [5.41, 5.74) is 2.19. The van der Waals surface area contributed by atoms with E-state index in [1.165, 1.54) is 5.56 Å². The van der Waals surface area contributed by atoms with Gasteiger partial charge in [-0.25, -0.2) is 4.79 Å². The van der Waals surface area contributed by atoms with Crippen molar-refractivity contribution >= 4 is 34.9 Å². The van der Waals surface area contributed by atoms with E-state index in [0.29, 0.717) is 30.9 Å². The average Bonchev–Trinajstić information content (AvgIpc) is 2.70. The van der Waals surface area contributed by atoms with E-state index in [1.807, 2.05) is 38.1 Å². The minimum atomic E-state index is -0.390. The highest BCUT2D eigenvalue weighted by Gasteiger charge is 2.09. The lowest BCUT2D eigenvalue weighted by Crippen LogP contribution is -2.34. The number of thiocarbonyl (C=S) groups is 1. The van der Waals surface area contributed by atoms with Gasteiger partial charge in [-0.05, 0) is 62.3 Å². The summed E-state index contributed by atoms with van der Waals surface area (Å²) >= 11 is 5.17. The molecule has 0 aliphatic rings. The molecule has 0 heterocycles. The van der Waals surface area contributed by atoms with Gasteiger partial charge >= 0.3 is 5.97 Å². The van der Waals surface area contributed by atoms with Crippen LogP contribution in [0.25, 0.3) is 0 Å². The van der Waals surface area contributed by atoms with Crippen molar-refractivity contribution in [3.8, 4) is 5.75 Å². The molecule has 0 bridgehead atoms. The SMILES string of the molecule is CCCOC(=O)c1cccc(NC(=S)NC(=O)CCCOc2ccc(C)cc2)c1. The summed E-state index contributed by atoms with van der Waals surface area (Å²) in [7, 11) is 0. The molecule has 2 aromatic carbocycles. The Bertz CT molecular complexity index is 837. The van der Waals surface area contributed by atoms with Crippen molar-refractivity contribution in [3.63, 3.8) is 0 Å². The van der Waals surface area contributed by atoms with Gasteiger partial charge in [0.05, 0.1) is 18.8 Å². The van der Waals surface area contributed by atoms with Crippen molar-refractivity contribution in [1.29, 1.82) is 0 Å². The first kappa shape index (κ1) is 22.4. The first-order chi connectivity index (χ1) is 14.0. The van der Waals surface area contributed by atoms with E-state index in [-0.39, 0.29) is 23.4 Å². The molecule has 0 atom stereocenters. The predicted molar refractivity (Wildman–Crippen MR) is 117 cm³/mol. The molecule has 0 spiro atoms. The Labute approximate surface area is 176 Å². The molecule has 6 nitrogen and oxygen atoms in total. The molecule has 0 radical (unpaired) electrons. The van der Waals surface area contributed by atoms with E-state index < -0.39 is 0 Å². The zero-order chi connectivity index (χ0) is 21.1. The summed E-state index contributed by atoms with van der Waals surface area (Å²) in [6.45, 7) is 4.76. The highest BCUT2D eigenvalue weighted by Crippen LogP contribution is 2.13. The van der Waals surface area contributed by atoms with Gasteiger partial charge < -0.3 is 20.1 Å². The quantitative estimate of drug-likeness (QED) is 0.363. The second kappa shape index (κ2) is 11.8. The van der Waals surface area contributed by atoms with Crippen molar-refractivity contribution in [3.05, 3.63) is 59.7 Å². The summed E-state index contributed by atoms with van der Waals surface area (Å²) in [5, 5.41) is 5.71. The molecule has 0 unspecified atom stereocenters. The highest BCUT2D eigenvalue weighted by atomic mass is 32.1. The molecule has 1 amide bonds. The minimum absolute atomic E-state index is 0.175. The van der Waals surface area contributed by atoms with Crippen molar-refractivity contribution < 1.29 is 19.1 Å². The molecule has 0 aliphatic carbocycles. The second-order valence-corrected chi connectivity index (χ2v) is 6.89. The second-order valence-electron chi connectivity index (χ2n) is 6.48. The van der Waals surface area contributed by atoms with E-state index >= 15 is 0 Å². The van der Waals surface area contributed by atoms with Gasteiger partial charge in [-0.3, -0.25) is 4.79 Å². The fourth-order valence-corrected chi connectivity index (χ4v) is 2.64. The number of nitrogens with one attached hydrogen (secondary N) is 2. The zero-order valence-corrected chi connectivity index (χ0v) is 17.5. The van der Waals surface area contributed by atoms with Crippen LogP contribution in [0, 0.1) is 6.92 Å². The molecule has 2 rings (SSSR count). The molecule has 154 valence electrons. The Kier molecular flexibility index (Phi) is 9.11. The van der Waals surface area contributed by atoms with Crippen molar-refractivity contribution in [2.24, 2.45) is 0 Å². The van der Waals surface area contributed by atoms with Gasteiger partial charge in [-0.15, -0.1) is 0 Å². The maximum Gasteiger partial charge on any atom is 0.338 e. The van der Waals surface area contributed by atoms with Crippen LogP contribution in [0.1, 0.15) is 42.1 Å². The molecular weight excluding hydrogens is 388 g/mol. The Morgan fingerprint density at radius 2 is 1.83 bits per heavy atom. The zero-order valence-electron chi connectivity index (χ0n) is 16.7. The van der Waals surface area contributed by atoms with Crippen LogP contribution in [-0.2, 0) is 9.53 Å². The molecule has 2 N–H and O–H groups in total. The van der Waals surface area contributed by atoms with Crippen molar-refractivity contribution in [1.82, 2.24) is 5.32 Å². The molecule has 0 fully saturated rings. The molecule has 7 heteroatoms. The summed E-state index contributed by atoms with van der Waals surface area (Å²) in [6.07, 6.45) is 1.62. The van der Waals surface area contributed by atoms with E-state index in [4.69, 9.17) is 21.7 Å². The molecule has 0 saturated heterocycles. The van der Waals surface area contributed by atoms with Gasteiger partial charge in [0.25, 0.3) is 0 Å². The van der Waals surface area contributed by atoms with Crippen LogP contribution >= 0.6 is 12.2 Å². The lowest BCUT2D eigenvalue weighted by molar-refractivity contribution is -0.119. The summed E-state index contributed by atoms with van der Waals surface area (Å²) in [4.78, 5) is 23.9. The fourth-order valence-electron chi connectivity index (χ4n) is 2.41. The van der Waals surface area contributed by atoms with Crippen molar-refractivity contribution in [2.45, 2.75) is 33.1 Å². The van der Waals surface area contributed by atoms with E-state index in [1.54, 1.807) is 24.3 Å². The van der Waals surface area contributed by atoms with Crippen molar-refractivity contribution in [2.75, 3.05) is 18.5 Å². The van der Waals surface area contributed by atoms with Gasteiger partial charge in [-0.2, -0.15) is 0 Å². The number of amides is 1. The molecule has 2 aromatic rings. The van der Waals surface area contributed by atoms with Crippen LogP contribution in [0.4, 0.5) is 5.69 Å². The number of carbonyl (C=O) groups is 2. The maximum atomic E-state index is 12.0. The number of hydrogen-bond donors (Lipinski definition) is 2. The normalized spacial score (nSPS) is 10.1. The summed E-state index contributed by atoms with van der Waals surface area (Å²) in [5.74, 6) is 0.193. The molecular formula is C22H26N2O4S. The highest BCUT2D eigenvalue weighted by molar-refractivity contribution is 7.80. The number of hydrogen-bond acceptors (Lipinski definition) is 5. The van der Waals surface area contributed by atoms with Crippen LogP contribution in [0.5, 0.6) is 5.75 Å². The molecule has 29 heavy (non-hydrogen) atoms. The van der Waals surface area contributed by atoms with Crippen LogP contribution in [0.3, 0.4) is 0 Å². The Hall–Kier alpha value is -2.93. The molecule has 0 aliphatic heterocycles. The number of ether oxygens (including phenoxy) is 2. The number of aryl methyl sites for hydroxylation is 1. The third-order valence-electron chi connectivity index (χ3n) is 3.88. The number of anilines is 1. The number of benzene rings is 2. The minimum Gasteiger partial charge on any atom is -0.494 e. The summed E-state index contributed by atoms with van der Waals surface area (Å²) in [6, 6.07) is 14.5. The lowest BCUT2D eigenvalue weighted by atomic mass is 10.2. The number of carbonyl (C=O) groups excluding carboxylic acids is 2. The Morgan fingerprint density at radius 3 is 2.55 bits per heavy atom. The summed E-state index contributed by atoms with van der Waals surface area (Å²) < 4.78 is 10.7. The molecule has 0 aromatic heterocycles. The third-order valence-corrected chi connectivity index (χ3v) is 4.09. The van der Waals surface area contributed by atoms with Gasteiger partial charge in [0, 0.05) is 12.1 Å². The van der Waals surface area contributed by atoms with Crippen LogP contribution in [-0.4, -0.2) is 30.2 Å². The van der Waals surface area contributed by atoms with Gasteiger partial charge in [0.1, 0.15) is 5.75 Å². The number of esters is 1. The Morgan fingerprint density at radius 1 is 1.07 bits per heavy atom. The molecule has 0 saturated carbocycles. The predicted octanol–water partition coefficient (Wildman–Crippen LogP) is 4.23. The average molecular weight is 415 g/mol. The first-order valence-electron chi connectivity index (χ1n) is 9.55. The van der Waals surface area contributed by atoms with Crippen LogP contribution in [0.15, 0.2) is 48.5 Å². The Balaban J connectivity index is 1.72. The van der Waals surface area contributed by atoms with E-state index in [2.05, 4.69) is 10.6 Å². The fraction of sp³-hybridized carbons (Fsp3) is 0.318. The van der Waals surface area contributed by atoms with Crippen LogP contribution in [0.2, 0.25) is 0 Å².